The second-order valence-corrected chi connectivity index (χ2v) is 7.07. The molecule has 1 aliphatic carbocycles. The minimum absolute atomic E-state index is 0.377. The second-order valence-electron chi connectivity index (χ2n) is 7.07. The number of ether oxygens (including phenoxy) is 1. The van der Waals surface area contributed by atoms with E-state index in [-0.39, 0.29) is 0 Å². The van der Waals surface area contributed by atoms with Gasteiger partial charge in [-0.15, -0.1) is 0 Å². The molecule has 1 N–H and O–H groups in total. The highest BCUT2D eigenvalue weighted by Gasteiger charge is 2.26. The van der Waals surface area contributed by atoms with Crippen LogP contribution in [-0.2, 0) is 4.74 Å². The fourth-order valence-electron chi connectivity index (χ4n) is 2.93. The van der Waals surface area contributed by atoms with Gasteiger partial charge in [0.2, 0.25) is 0 Å². The first kappa shape index (κ1) is 14.3. The van der Waals surface area contributed by atoms with Crippen molar-refractivity contribution in [2.45, 2.75) is 45.6 Å². The van der Waals surface area contributed by atoms with Gasteiger partial charge in [-0.25, -0.2) is 0 Å². The Kier molecular flexibility index (Phi) is 5.05. The van der Waals surface area contributed by atoms with E-state index >= 15 is 0 Å². The average molecular weight is 254 g/mol. The molecular weight excluding hydrogens is 224 g/mol. The average Bonchev–Trinajstić information content (AvgIpc) is 3.10. The molecule has 0 unspecified atom stereocenters. The maximum absolute atomic E-state index is 5.43. The van der Waals surface area contributed by atoms with Crippen molar-refractivity contribution in [1.82, 2.24) is 10.2 Å². The molecule has 0 amide bonds. The summed E-state index contributed by atoms with van der Waals surface area (Å²) in [4.78, 5) is 2.52. The molecule has 3 nitrogen and oxygen atoms in total. The van der Waals surface area contributed by atoms with Gasteiger partial charge >= 0.3 is 0 Å². The molecule has 1 saturated heterocycles. The maximum atomic E-state index is 5.43. The largest absolute Gasteiger partial charge is 0.381 e. The van der Waals surface area contributed by atoms with E-state index in [1.165, 1.54) is 38.8 Å². The Morgan fingerprint density at radius 3 is 2.44 bits per heavy atom. The molecular formula is C15H30N2O. The molecule has 0 aromatic rings. The molecule has 106 valence electrons. The predicted octanol–water partition coefficient (Wildman–Crippen LogP) is 2.12. The standard InChI is InChI=1S/C15H30N2O/c1-15(2,11-16-14-4-5-14)12-17(3)10-13-6-8-18-9-7-13/h13-14,16H,4-12H2,1-3H3. The zero-order chi connectivity index (χ0) is 13.0. The molecule has 2 fully saturated rings. The lowest BCUT2D eigenvalue weighted by molar-refractivity contribution is 0.0512. The summed E-state index contributed by atoms with van der Waals surface area (Å²) in [5, 5.41) is 3.66. The second kappa shape index (κ2) is 6.36. The summed E-state index contributed by atoms with van der Waals surface area (Å²) in [6.45, 7) is 10.2. The number of nitrogens with one attached hydrogen (secondary N) is 1. The quantitative estimate of drug-likeness (QED) is 0.753. The molecule has 18 heavy (non-hydrogen) atoms. The van der Waals surface area contributed by atoms with Crippen molar-refractivity contribution in [3.05, 3.63) is 0 Å². The first-order valence-corrected chi connectivity index (χ1v) is 7.55. The Morgan fingerprint density at radius 1 is 1.17 bits per heavy atom. The smallest absolute Gasteiger partial charge is 0.0469 e. The van der Waals surface area contributed by atoms with Gasteiger partial charge in [0.15, 0.2) is 0 Å². The molecule has 3 heteroatoms. The number of nitrogens with zero attached hydrogens (tertiary/aromatic N) is 1. The lowest BCUT2D eigenvalue weighted by atomic mass is 9.91. The Morgan fingerprint density at radius 2 is 1.83 bits per heavy atom. The minimum atomic E-state index is 0.377. The maximum Gasteiger partial charge on any atom is 0.0469 e. The normalized spacial score (nSPS) is 22.7. The molecule has 0 radical (unpaired) electrons. The summed E-state index contributed by atoms with van der Waals surface area (Å²) in [6.07, 6.45) is 5.25. The highest BCUT2D eigenvalue weighted by atomic mass is 16.5. The highest BCUT2D eigenvalue weighted by molar-refractivity contribution is 4.85. The molecule has 0 atom stereocenters. The SMILES string of the molecule is CN(CC1CCOCC1)CC(C)(C)CNC1CC1. The van der Waals surface area contributed by atoms with Crippen LogP contribution >= 0.6 is 0 Å². The van der Waals surface area contributed by atoms with E-state index in [1.807, 2.05) is 0 Å². The molecule has 2 rings (SSSR count). The van der Waals surface area contributed by atoms with Gasteiger partial charge in [0, 0.05) is 38.9 Å². The van der Waals surface area contributed by atoms with Gasteiger partial charge in [0.25, 0.3) is 0 Å². The van der Waals surface area contributed by atoms with Crippen molar-refractivity contribution in [3.8, 4) is 0 Å². The van der Waals surface area contributed by atoms with Gasteiger partial charge < -0.3 is 15.0 Å². The molecule has 0 bridgehead atoms. The lowest BCUT2D eigenvalue weighted by Crippen LogP contribution is -2.41. The van der Waals surface area contributed by atoms with E-state index in [0.717, 1.165) is 31.7 Å². The monoisotopic (exact) mass is 254 g/mol. The van der Waals surface area contributed by atoms with E-state index in [1.54, 1.807) is 0 Å². The summed E-state index contributed by atoms with van der Waals surface area (Å²) >= 11 is 0. The van der Waals surface area contributed by atoms with E-state index in [4.69, 9.17) is 4.74 Å². The topological polar surface area (TPSA) is 24.5 Å². The van der Waals surface area contributed by atoms with Crippen LogP contribution in [0, 0.1) is 11.3 Å². The van der Waals surface area contributed by atoms with Crippen molar-refractivity contribution in [2.24, 2.45) is 11.3 Å². The zero-order valence-corrected chi connectivity index (χ0v) is 12.4. The molecule has 1 saturated carbocycles. The molecule has 0 aromatic heterocycles. The number of hydrogen-bond donors (Lipinski definition) is 1. The first-order chi connectivity index (χ1) is 8.55. The number of hydrogen-bond acceptors (Lipinski definition) is 3. The molecule has 0 spiro atoms. The molecule has 1 heterocycles. The third-order valence-corrected chi connectivity index (χ3v) is 4.06. The van der Waals surface area contributed by atoms with Crippen LogP contribution in [0.3, 0.4) is 0 Å². The van der Waals surface area contributed by atoms with E-state index in [9.17, 15) is 0 Å². The van der Waals surface area contributed by atoms with Crippen molar-refractivity contribution < 1.29 is 4.74 Å². The molecule has 2 aliphatic rings. The Bertz CT molecular complexity index is 245. The Hall–Kier alpha value is -0.120. The summed E-state index contributed by atoms with van der Waals surface area (Å²) in [6, 6.07) is 0.824. The van der Waals surface area contributed by atoms with E-state index < -0.39 is 0 Å². The minimum Gasteiger partial charge on any atom is -0.381 e. The summed E-state index contributed by atoms with van der Waals surface area (Å²) in [5.74, 6) is 0.843. The van der Waals surface area contributed by atoms with Gasteiger partial charge in [0.1, 0.15) is 0 Å². The fourth-order valence-corrected chi connectivity index (χ4v) is 2.93. The van der Waals surface area contributed by atoms with E-state index in [0.29, 0.717) is 5.41 Å². The predicted molar refractivity (Wildman–Crippen MR) is 75.8 cm³/mol. The zero-order valence-electron chi connectivity index (χ0n) is 12.4. The van der Waals surface area contributed by atoms with Crippen molar-refractivity contribution in [1.29, 1.82) is 0 Å². The van der Waals surface area contributed by atoms with Crippen LogP contribution in [0.4, 0.5) is 0 Å². The van der Waals surface area contributed by atoms with Crippen LogP contribution in [-0.4, -0.2) is 50.8 Å². The van der Waals surface area contributed by atoms with Gasteiger partial charge in [0.05, 0.1) is 0 Å². The van der Waals surface area contributed by atoms with Crippen molar-refractivity contribution >= 4 is 0 Å². The third kappa shape index (κ3) is 5.25. The Labute approximate surface area is 112 Å². The highest BCUT2D eigenvalue weighted by Crippen LogP contribution is 2.23. The van der Waals surface area contributed by atoms with Crippen LogP contribution < -0.4 is 5.32 Å². The van der Waals surface area contributed by atoms with Crippen molar-refractivity contribution in [2.75, 3.05) is 39.9 Å². The third-order valence-electron chi connectivity index (χ3n) is 4.06. The molecule has 0 aromatic carbocycles. The van der Waals surface area contributed by atoms with Crippen LogP contribution in [0.15, 0.2) is 0 Å². The van der Waals surface area contributed by atoms with Crippen LogP contribution in [0.5, 0.6) is 0 Å². The van der Waals surface area contributed by atoms with E-state index in [2.05, 4.69) is 31.1 Å². The fraction of sp³-hybridized carbons (Fsp3) is 1.00. The van der Waals surface area contributed by atoms with Gasteiger partial charge in [-0.05, 0) is 44.1 Å². The van der Waals surface area contributed by atoms with Crippen LogP contribution in [0.25, 0.3) is 0 Å². The summed E-state index contributed by atoms with van der Waals surface area (Å²) < 4.78 is 5.43. The number of rotatable bonds is 7. The first-order valence-electron chi connectivity index (χ1n) is 7.55. The van der Waals surface area contributed by atoms with Gasteiger partial charge in [-0.1, -0.05) is 13.8 Å². The van der Waals surface area contributed by atoms with Crippen LogP contribution in [0.1, 0.15) is 39.5 Å². The van der Waals surface area contributed by atoms with Crippen molar-refractivity contribution in [3.63, 3.8) is 0 Å². The van der Waals surface area contributed by atoms with Crippen LogP contribution in [0.2, 0.25) is 0 Å². The van der Waals surface area contributed by atoms with Gasteiger partial charge in [-0.3, -0.25) is 0 Å². The lowest BCUT2D eigenvalue weighted by Gasteiger charge is -2.33. The summed E-state index contributed by atoms with van der Waals surface area (Å²) in [5.41, 5.74) is 0.377. The van der Waals surface area contributed by atoms with Gasteiger partial charge in [-0.2, -0.15) is 0 Å². The Balaban J connectivity index is 1.65. The summed E-state index contributed by atoms with van der Waals surface area (Å²) in [7, 11) is 2.27. The molecule has 1 aliphatic heterocycles.